The Bertz CT molecular complexity index is 145. The minimum Gasteiger partial charge on any atom is -0.323 e. The van der Waals surface area contributed by atoms with Crippen LogP contribution in [0.15, 0.2) is 0 Å². The third-order valence-corrected chi connectivity index (χ3v) is 1.72. The summed E-state index contributed by atoms with van der Waals surface area (Å²) in [6.07, 6.45) is 1.97. The van der Waals surface area contributed by atoms with Crippen molar-refractivity contribution >= 4 is 22.2 Å². The molecule has 0 unspecified atom stereocenters. The van der Waals surface area contributed by atoms with Crippen molar-refractivity contribution in [1.82, 2.24) is 5.32 Å². The monoisotopic (exact) mass is 203 g/mol. The van der Waals surface area contributed by atoms with E-state index in [9.17, 15) is 8.42 Å². The van der Waals surface area contributed by atoms with Crippen LogP contribution in [0.1, 0.15) is 13.3 Å². The molecule has 0 atom stereocenters. The second-order valence-corrected chi connectivity index (χ2v) is 4.39. The van der Waals surface area contributed by atoms with Gasteiger partial charge in [-0.1, -0.05) is 6.92 Å². The molecule has 0 amide bonds. The van der Waals surface area contributed by atoms with Crippen molar-refractivity contribution in [2.24, 2.45) is 0 Å². The molecule has 0 radical (unpaired) electrons. The van der Waals surface area contributed by atoms with Crippen molar-refractivity contribution in [3.63, 3.8) is 0 Å². The van der Waals surface area contributed by atoms with Crippen molar-refractivity contribution in [2.45, 2.75) is 13.3 Å². The van der Waals surface area contributed by atoms with Gasteiger partial charge in [-0.2, -0.15) is 0 Å². The largest absolute Gasteiger partial charge is 0.323 e. The van der Waals surface area contributed by atoms with Crippen molar-refractivity contribution in [2.75, 3.05) is 26.1 Å². The first-order chi connectivity index (χ1) is 4.47. The molecule has 0 aliphatic heterocycles. The molecule has 0 spiro atoms. The first kappa shape index (κ1) is 17.3. The topological polar surface area (TPSA) is 46.2 Å². The van der Waals surface area contributed by atoms with E-state index in [0.717, 1.165) is 6.42 Å². The third-order valence-electron chi connectivity index (χ3n) is 0.575. The molecule has 0 saturated heterocycles. The summed E-state index contributed by atoms with van der Waals surface area (Å²) in [5.41, 5.74) is 0. The minimum absolute atomic E-state index is 0. The van der Waals surface area contributed by atoms with Gasteiger partial charge in [0.25, 0.3) is 0 Å². The minimum atomic E-state index is -2.67. The highest BCUT2D eigenvalue weighted by atomic mass is 35.5. The highest BCUT2D eigenvalue weighted by Gasteiger charge is 1.95. The molecule has 0 aromatic rings. The van der Waals surface area contributed by atoms with Gasteiger partial charge in [0, 0.05) is 12.0 Å². The van der Waals surface area contributed by atoms with Crippen LogP contribution in [0.25, 0.3) is 0 Å². The first-order valence-corrected chi connectivity index (χ1v) is 5.30. The second-order valence-electron chi connectivity index (χ2n) is 2.13. The summed E-state index contributed by atoms with van der Waals surface area (Å²) in [5.74, 6) is 0.312. The van der Waals surface area contributed by atoms with E-state index in [1.807, 2.05) is 21.0 Å². The summed E-state index contributed by atoms with van der Waals surface area (Å²) < 4.78 is 20.5. The maximum Gasteiger partial charge on any atom is 0.147 e. The number of halogens is 1. The predicted octanol–water partition coefficient (Wildman–Crippen LogP) is 0.698. The SMILES string of the molecule is CCCS(C)(=O)=O.CNC.Cl. The lowest BCUT2D eigenvalue weighted by Gasteiger charge is -1.87. The van der Waals surface area contributed by atoms with Gasteiger partial charge < -0.3 is 5.32 Å². The van der Waals surface area contributed by atoms with Crippen molar-refractivity contribution in [1.29, 1.82) is 0 Å². The van der Waals surface area contributed by atoms with Crippen molar-refractivity contribution in [3.05, 3.63) is 0 Å². The van der Waals surface area contributed by atoms with E-state index in [-0.39, 0.29) is 12.4 Å². The maximum atomic E-state index is 10.2. The summed E-state index contributed by atoms with van der Waals surface area (Å²) in [7, 11) is 1.08. The van der Waals surface area contributed by atoms with Crippen LogP contribution in [-0.4, -0.2) is 34.5 Å². The van der Waals surface area contributed by atoms with Gasteiger partial charge in [0.1, 0.15) is 9.84 Å². The molecule has 5 heteroatoms. The Morgan fingerprint density at radius 3 is 1.55 bits per heavy atom. The van der Waals surface area contributed by atoms with Crippen LogP contribution in [0.4, 0.5) is 0 Å². The van der Waals surface area contributed by atoms with Gasteiger partial charge in [0.05, 0.1) is 0 Å². The van der Waals surface area contributed by atoms with Crippen LogP contribution in [0.5, 0.6) is 0 Å². The third kappa shape index (κ3) is 38.9. The molecule has 0 aliphatic carbocycles. The molecule has 0 heterocycles. The number of nitrogens with one attached hydrogen (secondary N) is 1. The highest BCUT2D eigenvalue weighted by molar-refractivity contribution is 7.90. The Labute approximate surface area is 75.9 Å². The Hall–Kier alpha value is 0.200. The number of hydrogen-bond donors (Lipinski definition) is 1. The zero-order valence-electron chi connectivity index (χ0n) is 7.55. The lowest BCUT2D eigenvalue weighted by Crippen LogP contribution is -2.00. The van der Waals surface area contributed by atoms with Crippen LogP contribution in [0.2, 0.25) is 0 Å². The van der Waals surface area contributed by atoms with E-state index < -0.39 is 9.84 Å². The van der Waals surface area contributed by atoms with Gasteiger partial charge >= 0.3 is 0 Å². The lowest BCUT2D eigenvalue weighted by atomic mass is 10.6. The smallest absolute Gasteiger partial charge is 0.147 e. The Kier molecular flexibility index (Phi) is 16.1. The fourth-order valence-electron chi connectivity index (χ4n) is 0.371. The second kappa shape index (κ2) is 10.2. The van der Waals surface area contributed by atoms with Crippen LogP contribution in [0, 0.1) is 0 Å². The van der Waals surface area contributed by atoms with Gasteiger partial charge in [0.2, 0.25) is 0 Å². The molecule has 72 valence electrons. The molecule has 0 aromatic heterocycles. The fraction of sp³-hybridized carbons (Fsp3) is 1.00. The molecule has 11 heavy (non-hydrogen) atoms. The molecular weight excluding hydrogens is 186 g/mol. The lowest BCUT2D eigenvalue weighted by molar-refractivity contribution is 0.600. The molecule has 0 rings (SSSR count). The van der Waals surface area contributed by atoms with Crippen molar-refractivity contribution in [3.8, 4) is 0 Å². The summed E-state index contributed by atoms with van der Waals surface area (Å²) in [5, 5.41) is 2.75. The van der Waals surface area contributed by atoms with Gasteiger partial charge in [-0.05, 0) is 20.5 Å². The number of sulfone groups is 1. The van der Waals surface area contributed by atoms with E-state index in [0.29, 0.717) is 5.75 Å². The quantitative estimate of drug-likeness (QED) is 0.719. The average Bonchev–Trinajstić information content (AvgIpc) is 1.63. The molecule has 0 fully saturated rings. The highest BCUT2D eigenvalue weighted by Crippen LogP contribution is 1.84. The Morgan fingerprint density at radius 2 is 1.55 bits per heavy atom. The van der Waals surface area contributed by atoms with Crippen LogP contribution in [-0.2, 0) is 9.84 Å². The molecule has 0 aliphatic rings. The molecule has 0 bridgehead atoms. The molecule has 1 N–H and O–H groups in total. The zero-order valence-corrected chi connectivity index (χ0v) is 9.18. The molecule has 3 nitrogen and oxygen atoms in total. The first-order valence-electron chi connectivity index (χ1n) is 3.24. The van der Waals surface area contributed by atoms with Gasteiger partial charge in [-0.25, -0.2) is 8.42 Å². The van der Waals surface area contributed by atoms with Gasteiger partial charge in [0.15, 0.2) is 0 Å². The van der Waals surface area contributed by atoms with E-state index in [4.69, 9.17) is 0 Å². The van der Waals surface area contributed by atoms with Crippen LogP contribution in [0.3, 0.4) is 0 Å². The predicted molar refractivity (Wildman–Crippen MR) is 52.2 cm³/mol. The van der Waals surface area contributed by atoms with Crippen molar-refractivity contribution < 1.29 is 8.42 Å². The van der Waals surface area contributed by atoms with E-state index in [1.54, 1.807) is 0 Å². The standard InChI is InChI=1S/C4H10O2S.C2H7N.ClH/c1-3-4-7(2,5)6;1-3-2;/h3-4H2,1-2H3;3H,1-2H3;1H. The number of rotatable bonds is 2. The molecule has 0 aromatic carbocycles. The summed E-state index contributed by atoms with van der Waals surface area (Å²) in [4.78, 5) is 0. The van der Waals surface area contributed by atoms with Crippen LogP contribution < -0.4 is 5.32 Å². The maximum absolute atomic E-state index is 10.2. The van der Waals surface area contributed by atoms with Gasteiger partial charge in [-0.15, -0.1) is 12.4 Å². The van der Waals surface area contributed by atoms with Crippen LogP contribution >= 0.6 is 12.4 Å². The summed E-state index contributed by atoms with van der Waals surface area (Å²) in [6.45, 7) is 1.85. The normalized spacial score (nSPS) is 9.09. The Morgan fingerprint density at radius 1 is 1.27 bits per heavy atom. The van der Waals surface area contributed by atoms with E-state index >= 15 is 0 Å². The molecular formula is C6H18ClNO2S. The van der Waals surface area contributed by atoms with Gasteiger partial charge in [-0.3, -0.25) is 0 Å². The van der Waals surface area contributed by atoms with E-state index in [1.165, 1.54) is 6.26 Å². The summed E-state index contributed by atoms with van der Waals surface area (Å²) in [6, 6.07) is 0. The Balaban J connectivity index is -0.000000140. The zero-order chi connectivity index (χ0) is 8.62. The molecule has 0 saturated carbocycles. The fourth-order valence-corrected chi connectivity index (χ4v) is 1.11. The summed E-state index contributed by atoms with van der Waals surface area (Å²) >= 11 is 0. The number of hydrogen-bond acceptors (Lipinski definition) is 3. The average molecular weight is 204 g/mol. The van der Waals surface area contributed by atoms with E-state index in [2.05, 4.69) is 5.32 Å².